The molecule has 142 valence electrons. The maximum atomic E-state index is 12.1. The summed E-state index contributed by atoms with van der Waals surface area (Å²) in [4.78, 5) is 14.2. The third kappa shape index (κ3) is 6.69. The highest BCUT2D eigenvalue weighted by molar-refractivity contribution is 7.07. The zero-order valence-electron chi connectivity index (χ0n) is 15.7. The number of ether oxygens (including phenoxy) is 2. The molecule has 1 heterocycles. The first kappa shape index (κ1) is 20.3. The van der Waals surface area contributed by atoms with Crippen molar-refractivity contribution >= 4 is 17.2 Å². The van der Waals surface area contributed by atoms with E-state index in [0.717, 1.165) is 11.5 Å². The molecule has 0 aliphatic rings. The van der Waals surface area contributed by atoms with Crippen LogP contribution in [0.1, 0.15) is 31.4 Å². The maximum absolute atomic E-state index is 12.1. The van der Waals surface area contributed by atoms with Gasteiger partial charge in [0.15, 0.2) is 0 Å². The van der Waals surface area contributed by atoms with E-state index in [0.29, 0.717) is 32.6 Å². The number of nitrogens with one attached hydrogen (secondary N) is 1. The number of nitrogens with zero attached hydrogens (tertiary/aromatic N) is 1. The van der Waals surface area contributed by atoms with Gasteiger partial charge in [0.2, 0.25) is 5.91 Å². The van der Waals surface area contributed by atoms with Gasteiger partial charge in [0, 0.05) is 13.0 Å². The Bertz CT molecular complexity index is 642. The van der Waals surface area contributed by atoms with Gasteiger partial charge >= 0.3 is 0 Å². The van der Waals surface area contributed by atoms with Crippen LogP contribution >= 0.6 is 11.3 Å². The summed E-state index contributed by atoms with van der Waals surface area (Å²) in [6.07, 6.45) is 1.14. The number of carbonyl (C=O) groups is 1. The fourth-order valence-electron chi connectivity index (χ4n) is 2.58. The minimum Gasteiger partial charge on any atom is -0.494 e. The van der Waals surface area contributed by atoms with E-state index in [9.17, 15) is 4.79 Å². The van der Waals surface area contributed by atoms with Gasteiger partial charge < -0.3 is 19.7 Å². The fourth-order valence-corrected chi connectivity index (χ4v) is 3.29. The standard InChI is InChI=1S/C20H28N2O3S/c1-4-24-17-7-9-18(10-8-17)25-12-5-6-20(23)21-14-19(22(2)3)16-11-13-26-15-16/h7-11,13,15,19H,4-6,12,14H2,1-3H3,(H,21,23). The lowest BCUT2D eigenvalue weighted by Crippen LogP contribution is -2.34. The molecule has 0 saturated heterocycles. The normalized spacial score (nSPS) is 12.0. The quantitative estimate of drug-likeness (QED) is 0.607. The zero-order chi connectivity index (χ0) is 18.8. The molecule has 2 aromatic rings. The topological polar surface area (TPSA) is 50.8 Å². The van der Waals surface area contributed by atoms with Crippen molar-refractivity contribution in [1.29, 1.82) is 0 Å². The van der Waals surface area contributed by atoms with Crippen molar-refractivity contribution in [2.45, 2.75) is 25.8 Å². The molecule has 0 radical (unpaired) electrons. The Morgan fingerprint density at radius 1 is 1.15 bits per heavy atom. The molecule has 5 nitrogen and oxygen atoms in total. The van der Waals surface area contributed by atoms with Crippen molar-refractivity contribution in [2.75, 3.05) is 33.9 Å². The number of benzene rings is 1. The number of hydrogen-bond donors (Lipinski definition) is 1. The van der Waals surface area contributed by atoms with Crippen molar-refractivity contribution < 1.29 is 14.3 Å². The van der Waals surface area contributed by atoms with E-state index in [2.05, 4.69) is 27.0 Å². The van der Waals surface area contributed by atoms with Crippen molar-refractivity contribution in [3.05, 3.63) is 46.7 Å². The summed E-state index contributed by atoms with van der Waals surface area (Å²) in [5.41, 5.74) is 1.24. The highest BCUT2D eigenvalue weighted by Gasteiger charge is 2.15. The van der Waals surface area contributed by atoms with E-state index in [-0.39, 0.29) is 11.9 Å². The first-order valence-electron chi connectivity index (χ1n) is 8.91. The van der Waals surface area contributed by atoms with Crippen LogP contribution in [0.5, 0.6) is 11.5 Å². The SMILES string of the molecule is CCOc1ccc(OCCCC(=O)NCC(c2ccsc2)N(C)C)cc1. The molecule has 0 aliphatic heterocycles. The van der Waals surface area contributed by atoms with Crippen LogP contribution in [0.3, 0.4) is 0 Å². The zero-order valence-corrected chi connectivity index (χ0v) is 16.6. The molecule has 0 aliphatic carbocycles. The third-order valence-corrected chi connectivity index (χ3v) is 4.70. The van der Waals surface area contributed by atoms with Crippen LogP contribution in [0, 0.1) is 0 Å². The molecule has 1 aromatic carbocycles. The summed E-state index contributed by atoms with van der Waals surface area (Å²) in [5.74, 6) is 1.68. The maximum Gasteiger partial charge on any atom is 0.220 e. The highest BCUT2D eigenvalue weighted by Crippen LogP contribution is 2.20. The molecule has 1 atom stereocenters. The third-order valence-electron chi connectivity index (χ3n) is 4.00. The molecule has 1 N–H and O–H groups in total. The minimum absolute atomic E-state index is 0.0578. The first-order chi connectivity index (χ1) is 12.6. The number of hydrogen-bond acceptors (Lipinski definition) is 5. The van der Waals surface area contributed by atoms with Crippen molar-refractivity contribution in [1.82, 2.24) is 10.2 Å². The minimum atomic E-state index is 0.0578. The summed E-state index contributed by atoms with van der Waals surface area (Å²) in [6.45, 7) is 3.73. The van der Waals surface area contributed by atoms with Crippen LogP contribution in [0.25, 0.3) is 0 Å². The number of carbonyl (C=O) groups excluding carboxylic acids is 1. The Labute approximate surface area is 159 Å². The van der Waals surface area contributed by atoms with Crippen LogP contribution in [0.15, 0.2) is 41.1 Å². The Hall–Kier alpha value is -2.05. The fraction of sp³-hybridized carbons (Fsp3) is 0.450. The molecule has 1 aromatic heterocycles. The van der Waals surface area contributed by atoms with Crippen LogP contribution < -0.4 is 14.8 Å². The van der Waals surface area contributed by atoms with Gasteiger partial charge in [0.25, 0.3) is 0 Å². The lowest BCUT2D eigenvalue weighted by molar-refractivity contribution is -0.121. The molecule has 0 spiro atoms. The van der Waals surface area contributed by atoms with Crippen LogP contribution in [-0.4, -0.2) is 44.7 Å². The molecule has 2 rings (SSSR count). The van der Waals surface area contributed by atoms with Crippen molar-refractivity contribution in [2.24, 2.45) is 0 Å². The molecule has 26 heavy (non-hydrogen) atoms. The highest BCUT2D eigenvalue weighted by atomic mass is 32.1. The molecule has 1 unspecified atom stereocenters. The molecule has 0 fully saturated rings. The lowest BCUT2D eigenvalue weighted by Gasteiger charge is -2.24. The second-order valence-electron chi connectivity index (χ2n) is 6.20. The Morgan fingerprint density at radius 3 is 2.42 bits per heavy atom. The molecule has 0 saturated carbocycles. The molecule has 0 bridgehead atoms. The second-order valence-corrected chi connectivity index (χ2v) is 6.98. The largest absolute Gasteiger partial charge is 0.494 e. The number of rotatable bonds is 11. The summed E-state index contributed by atoms with van der Waals surface area (Å²) in [5, 5.41) is 7.21. The first-order valence-corrected chi connectivity index (χ1v) is 9.85. The van der Waals surface area contributed by atoms with Crippen molar-refractivity contribution in [3.8, 4) is 11.5 Å². The molecular formula is C20H28N2O3S. The predicted octanol–water partition coefficient (Wildman–Crippen LogP) is 3.72. The molecule has 1 amide bonds. The van der Waals surface area contributed by atoms with Gasteiger partial charge in [0.1, 0.15) is 11.5 Å². The average molecular weight is 377 g/mol. The number of amides is 1. The smallest absolute Gasteiger partial charge is 0.220 e. The van der Waals surface area contributed by atoms with E-state index < -0.39 is 0 Å². The van der Waals surface area contributed by atoms with E-state index >= 15 is 0 Å². The van der Waals surface area contributed by atoms with Gasteiger partial charge in [-0.05, 0) is 74.1 Å². The van der Waals surface area contributed by atoms with E-state index in [1.165, 1.54) is 5.56 Å². The van der Waals surface area contributed by atoms with Gasteiger partial charge in [-0.15, -0.1) is 0 Å². The van der Waals surface area contributed by atoms with Crippen molar-refractivity contribution in [3.63, 3.8) is 0 Å². The van der Waals surface area contributed by atoms with Gasteiger partial charge in [-0.25, -0.2) is 0 Å². The van der Waals surface area contributed by atoms with E-state index in [4.69, 9.17) is 9.47 Å². The Kier molecular flexibility index (Phi) is 8.44. The van der Waals surface area contributed by atoms with Gasteiger partial charge in [-0.1, -0.05) is 0 Å². The second kappa shape index (κ2) is 10.8. The average Bonchev–Trinajstić information content (AvgIpc) is 3.14. The summed E-state index contributed by atoms with van der Waals surface area (Å²) < 4.78 is 11.1. The van der Waals surface area contributed by atoms with Gasteiger partial charge in [0.05, 0.1) is 19.3 Å². The summed E-state index contributed by atoms with van der Waals surface area (Å²) in [6, 6.07) is 9.84. The number of likely N-dealkylation sites (N-methyl/N-ethyl adjacent to an activating group) is 1. The van der Waals surface area contributed by atoms with Crippen LogP contribution in [-0.2, 0) is 4.79 Å². The van der Waals surface area contributed by atoms with Gasteiger partial charge in [-0.2, -0.15) is 11.3 Å². The number of thiophene rings is 1. The van der Waals surface area contributed by atoms with E-state index in [1.807, 2.05) is 45.3 Å². The Morgan fingerprint density at radius 2 is 1.85 bits per heavy atom. The lowest BCUT2D eigenvalue weighted by atomic mass is 10.1. The van der Waals surface area contributed by atoms with Crippen LogP contribution in [0.2, 0.25) is 0 Å². The van der Waals surface area contributed by atoms with Crippen LogP contribution in [0.4, 0.5) is 0 Å². The van der Waals surface area contributed by atoms with Gasteiger partial charge in [-0.3, -0.25) is 4.79 Å². The Balaban J connectivity index is 1.65. The molecule has 6 heteroatoms. The summed E-state index contributed by atoms with van der Waals surface area (Å²) >= 11 is 1.67. The predicted molar refractivity (Wildman–Crippen MR) is 106 cm³/mol. The molecular weight excluding hydrogens is 348 g/mol. The monoisotopic (exact) mass is 376 g/mol. The summed E-state index contributed by atoms with van der Waals surface area (Å²) in [7, 11) is 4.05. The van der Waals surface area contributed by atoms with E-state index in [1.54, 1.807) is 11.3 Å².